The molecule has 3 rings (SSSR count). The minimum Gasteiger partial charge on any atom is -0.481 e. The van der Waals surface area contributed by atoms with Crippen molar-refractivity contribution in [3.05, 3.63) is 23.3 Å². The summed E-state index contributed by atoms with van der Waals surface area (Å²) in [6.07, 6.45) is 5.93. The number of aliphatic hydroxyl groups excluding tert-OH is 1. The number of aliphatic carboxylic acids is 1. The second kappa shape index (κ2) is 9.27. The van der Waals surface area contributed by atoms with Crippen molar-refractivity contribution in [2.24, 2.45) is 29.1 Å². The lowest BCUT2D eigenvalue weighted by atomic mass is 9.55. The minimum atomic E-state index is -1.70. The maximum atomic E-state index is 12.9. The molecule has 5 unspecified atom stereocenters. The van der Waals surface area contributed by atoms with Crippen LogP contribution in [-0.4, -0.2) is 45.4 Å². The van der Waals surface area contributed by atoms with Crippen molar-refractivity contribution in [1.29, 1.82) is 0 Å². The maximum Gasteiger partial charge on any atom is 0.333 e. The Morgan fingerprint density at radius 1 is 1.38 bits per heavy atom. The second-order valence-electron chi connectivity index (χ2n) is 10.3. The molecule has 0 aromatic rings. The third-order valence-corrected chi connectivity index (χ3v) is 7.84. The van der Waals surface area contributed by atoms with Crippen LogP contribution in [0.5, 0.6) is 0 Å². The van der Waals surface area contributed by atoms with E-state index in [1.807, 2.05) is 13.0 Å². The van der Waals surface area contributed by atoms with Gasteiger partial charge in [-0.3, -0.25) is 4.79 Å². The first kappa shape index (κ1) is 24.9. The molecule has 0 spiro atoms. The van der Waals surface area contributed by atoms with Gasteiger partial charge in [-0.25, -0.2) is 4.79 Å². The van der Waals surface area contributed by atoms with Crippen LogP contribution in [0.15, 0.2) is 23.3 Å². The number of carboxylic acids is 1. The number of carboxylic acid groups (broad SMARTS) is 1. The fraction of sp³-hybridized carbons (Fsp3) is 0.760. The maximum absolute atomic E-state index is 12.9. The molecule has 0 bridgehead atoms. The van der Waals surface area contributed by atoms with Gasteiger partial charge in [-0.15, -0.1) is 0 Å². The van der Waals surface area contributed by atoms with Gasteiger partial charge in [0.1, 0.15) is 6.10 Å². The van der Waals surface area contributed by atoms with Gasteiger partial charge in [-0.05, 0) is 50.2 Å². The van der Waals surface area contributed by atoms with Crippen LogP contribution in [-0.2, 0) is 19.1 Å². The summed E-state index contributed by atoms with van der Waals surface area (Å²) in [4.78, 5) is 24.9. The predicted molar refractivity (Wildman–Crippen MR) is 118 cm³/mol. The minimum absolute atomic E-state index is 0.265. The number of esters is 1. The van der Waals surface area contributed by atoms with E-state index in [0.29, 0.717) is 30.4 Å². The fourth-order valence-electron chi connectivity index (χ4n) is 5.84. The van der Waals surface area contributed by atoms with Crippen molar-refractivity contribution >= 4 is 11.9 Å². The van der Waals surface area contributed by atoms with E-state index < -0.39 is 47.4 Å². The highest BCUT2D eigenvalue weighted by molar-refractivity contribution is 5.88. The molecule has 3 N–H and O–H groups in total. The number of carbonyl (C=O) groups is 2. The third kappa shape index (κ3) is 4.52. The van der Waals surface area contributed by atoms with Crippen LogP contribution in [0.25, 0.3) is 0 Å². The van der Waals surface area contributed by atoms with Gasteiger partial charge >= 0.3 is 11.9 Å². The van der Waals surface area contributed by atoms with Gasteiger partial charge in [0.05, 0.1) is 5.92 Å². The Kier molecular flexibility index (Phi) is 7.23. The summed E-state index contributed by atoms with van der Waals surface area (Å²) in [5.74, 6) is -4.21. The van der Waals surface area contributed by atoms with Gasteiger partial charge < -0.3 is 24.8 Å². The summed E-state index contributed by atoms with van der Waals surface area (Å²) < 4.78 is 11.4. The quantitative estimate of drug-likeness (QED) is 0.307. The Bertz CT molecular complexity index is 802. The van der Waals surface area contributed by atoms with Gasteiger partial charge in [0.2, 0.25) is 0 Å². The van der Waals surface area contributed by atoms with E-state index in [-0.39, 0.29) is 11.8 Å². The molecule has 3 aliphatic rings. The molecule has 1 saturated carbocycles. The standard InChI is InChI=1S/C25H38O7/c1-6-7-8-14(2)11-15(3)22(28)31-20-10-9-17(21(26)27)24(5)12-18-16(4)23(29)32-25(18,30)13-19(20)24/h11,13-14,16-18,20,23,29-30H,6-10,12H2,1-5H3,(H,26,27)/b15-11-/t14?,16?,17-,18?,20-,23?,24-,25?/m1/s1. The van der Waals surface area contributed by atoms with E-state index in [0.717, 1.165) is 19.3 Å². The molecule has 0 aromatic carbocycles. The molecular weight excluding hydrogens is 412 g/mol. The van der Waals surface area contributed by atoms with Crippen LogP contribution in [0.4, 0.5) is 0 Å². The molecule has 7 nitrogen and oxygen atoms in total. The van der Waals surface area contributed by atoms with Crippen LogP contribution >= 0.6 is 0 Å². The zero-order valence-corrected chi connectivity index (χ0v) is 19.8. The van der Waals surface area contributed by atoms with Crippen molar-refractivity contribution in [2.75, 3.05) is 0 Å². The average molecular weight is 451 g/mol. The van der Waals surface area contributed by atoms with E-state index >= 15 is 0 Å². The van der Waals surface area contributed by atoms with Crippen molar-refractivity contribution in [2.45, 2.75) is 91.3 Å². The molecule has 2 aliphatic carbocycles. The molecule has 1 aliphatic heterocycles. The largest absolute Gasteiger partial charge is 0.481 e. The summed E-state index contributed by atoms with van der Waals surface area (Å²) in [6.45, 7) is 9.60. The number of allylic oxidation sites excluding steroid dienone is 1. The van der Waals surface area contributed by atoms with Crippen LogP contribution in [0.1, 0.15) is 73.1 Å². The summed E-state index contributed by atoms with van der Waals surface area (Å²) in [7, 11) is 0. The number of unbranched alkanes of at least 4 members (excludes halogenated alkanes) is 1. The van der Waals surface area contributed by atoms with Gasteiger partial charge in [0.15, 0.2) is 12.1 Å². The summed E-state index contributed by atoms with van der Waals surface area (Å²) in [6, 6.07) is 0. The molecule has 1 saturated heterocycles. The molecule has 0 amide bonds. The fourth-order valence-corrected chi connectivity index (χ4v) is 5.84. The van der Waals surface area contributed by atoms with Gasteiger partial charge in [0, 0.05) is 22.8 Å². The van der Waals surface area contributed by atoms with E-state index in [4.69, 9.17) is 9.47 Å². The van der Waals surface area contributed by atoms with Crippen LogP contribution in [0, 0.1) is 29.1 Å². The monoisotopic (exact) mass is 450 g/mol. The highest BCUT2D eigenvalue weighted by atomic mass is 16.7. The first-order valence-electron chi connectivity index (χ1n) is 11.9. The van der Waals surface area contributed by atoms with Crippen molar-refractivity contribution in [3.63, 3.8) is 0 Å². The summed E-state index contributed by atoms with van der Waals surface area (Å²) >= 11 is 0. The highest BCUT2D eigenvalue weighted by Gasteiger charge is 2.61. The molecule has 0 aromatic heterocycles. The topological polar surface area (TPSA) is 113 Å². The van der Waals surface area contributed by atoms with Gasteiger partial charge in [-0.2, -0.15) is 0 Å². The molecule has 7 heteroatoms. The zero-order valence-electron chi connectivity index (χ0n) is 19.8. The molecule has 32 heavy (non-hydrogen) atoms. The summed E-state index contributed by atoms with van der Waals surface area (Å²) in [5.41, 5.74) is 0.306. The Morgan fingerprint density at radius 3 is 2.69 bits per heavy atom. The Labute approximate surface area is 190 Å². The molecule has 8 atom stereocenters. The molecule has 2 fully saturated rings. The van der Waals surface area contributed by atoms with E-state index in [1.54, 1.807) is 13.8 Å². The van der Waals surface area contributed by atoms with Crippen molar-refractivity contribution < 1.29 is 34.4 Å². The second-order valence-corrected chi connectivity index (χ2v) is 10.3. The lowest BCUT2D eigenvalue weighted by molar-refractivity contribution is -0.228. The first-order chi connectivity index (χ1) is 14.9. The van der Waals surface area contributed by atoms with E-state index in [1.165, 1.54) is 6.08 Å². The number of aliphatic hydroxyl groups is 2. The van der Waals surface area contributed by atoms with E-state index in [2.05, 4.69) is 13.8 Å². The van der Waals surface area contributed by atoms with Crippen LogP contribution in [0.3, 0.4) is 0 Å². The van der Waals surface area contributed by atoms with E-state index in [9.17, 15) is 24.9 Å². The van der Waals surface area contributed by atoms with Crippen LogP contribution < -0.4 is 0 Å². The number of fused-ring (bicyclic) bond motifs is 2. The lowest BCUT2D eigenvalue weighted by Crippen LogP contribution is -2.53. The zero-order chi connectivity index (χ0) is 23.8. The van der Waals surface area contributed by atoms with Gasteiger partial charge in [-0.1, -0.05) is 46.6 Å². The Balaban J connectivity index is 1.88. The van der Waals surface area contributed by atoms with Gasteiger partial charge in [0.25, 0.3) is 0 Å². The number of hydrogen-bond acceptors (Lipinski definition) is 6. The Morgan fingerprint density at radius 2 is 2.06 bits per heavy atom. The van der Waals surface area contributed by atoms with Crippen molar-refractivity contribution in [1.82, 2.24) is 0 Å². The van der Waals surface area contributed by atoms with Crippen molar-refractivity contribution in [3.8, 4) is 0 Å². The number of hydrogen-bond donors (Lipinski definition) is 3. The normalized spacial score (nSPS) is 40.2. The molecule has 0 radical (unpaired) electrons. The first-order valence-corrected chi connectivity index (χ1v) is 11.9. The number of carbonyl (C=O) groups excluding carboxylic acids is 1. The smallest absolute Gasteiger partial charge is 0.333 e. The molecule has 180 valence electrons. The lowest BCUT2D eigenvalue weighted by Gasteiger charge is -2.51. The third-order valence-electron chi connectivity index (χ3n) is 7.84. The molecular formula is C25H38O7. The average Bonchev–Trinajstić information content (AvgIpc) is 2.92. The number of rotatable bonds is 7. The summed E-state index contributed by atoms with van der Waals surface area (Å²) in [5, 5.41) is 31.2. The molecule has 1 heterocycles. The predicted octanol–water partition coefficient (Wildman–Crippen LogP) is 3.79. The SMILES string of the molecule is CCCCC(C)/C=C(/C)C(=O)O[C@@H]1CC[C@H](C(=O)O)[C@@]2(C)CC3C(C)C(O)OC3(O)C=C12. The highest BCUT2D eigenvalue weighted by Crippen LogP contribution is 2.59. The Hall–Kier alpha value is -1.70. The number of ether oxygens (including phenoxy) is 2. The van der Waals surface area contributed by atoms with Crippen LogP contribution in [0.2, 0.25) is 0 Å².